The molecule has 3 heterocycles. The zero-order valence-corrected chi connectivity index (χ0v) is 15.2. The maximum atomic E-state index is 12.7. The first-order valence-electron chi connectivity index (χ1n) is 9.53. The molecule has 2 aliphatic carbocycles. The Morgan fingerprint density at radius 2 is 1.96 bits per heavy atom. The molecular formula is C20H19N7O. The molecule has 2 fully saturated rings. The number of carbonyl (C=O) groups excluding carboxylic acids is 1. The molecule has 28 heavy (non-hydrogen) atoms. The van der Waals surface area contributed by atoms with Gasteiger partial charge in [0.25, 0.3) is 5.91 Å². The van der Waals surface area contributed by atoms with E-state index in [4.69, 9.17) is 5.26 Å². The number of nitrogens with zero attached hydrogens (tertiary/aromatic N) is 5. The number of rotatable bonds is 5. The van der Waals surface area contributed by atoms with Crippen LogP contribution in [-0.4, -0.2) is 37.7 Å². The Morgan fingerprint density at radius 1 is 1.11 bits per heavy atom. The first-order valence-corrected chi connectivity index (χ1v) is 9.53. The summed E-state index contributed by atoms with van der Waals surface area (Å²) >= 11 is 0. The monoisotopic (exact) mass is 373 g/mol. The summed E-state index contributed by atoms with van der Waals surface area (Å²) in [4.78, 5) is 21.5. The Morgan fingerprint density at radius 3 is 2.68 bits per heavy atom. The fourth-order valence-corrected chi connectivity index (χ4v) is 3.27. The van der Waals surface area contributed by atoms with E-state index in [0.29, 0.717) is 28.6 Å². The highest BCUT2D eigenvalue weighted by Crippen LogP contribution is 2.29. The SMILES string of the molecule is N#Cc1cnc2c(cnn2-c2cc(NC3CC3)c(C(=O)NC3CCC3)cn2)c1. The van der Waals surface area contributed by atoms with Crippen LogP contribution in [0.15, 0.2) is 30.7 Å². The number of anilines is 1. The second-order valence-corrected chi connectivity index (χ2v) is 7.41. The highest BCUT2D eigenvalue weighted by molar-refractivity contribution is 6.00. The summed E-state index contributed by atoms with van der Waals surface area (Å²) in [6, 6.07) is 6.35. The molecule has 140 valence electrons. The van der Waals surface area contributed by atoms with Crippen molar-refractivity contribution in [1.29, 1.82) is 5.26 Å². The summed E-state index contributed by atoms with van der Waals surface area (Å²) in [6.07, 6.45) is 10.2. The average molecular weight is 373 g/mol. The number of aromatic nitrogens is 4. The highest BCUT2D eigenvalue weighted by Gasteiger charge is 2.26. The molecule has 3 aromatic rings. The van der Waals surface area contributed by atoms with E-state index in [9.17, 15) is 4.79 Å². The molecule has 0 unspecified atom stereocenters. The van der Waals surface area contributed by atoms with E-state index >= 15 is 0 Å². The zero-order chi connectivity index (χ0) is 19.1. The smallest absolute Gasteiger partial charge is 0.255 e. The molecule has 1 amide bonds. The molecule has 2 N–H and O–H groups in total. The largest absolute Gasteiger partial charge is 0.382 e. The van der Waals surface area contributed by atoms with Crippen LogP contribution in [0.25, 0.3) is 16.9 Å². The van der Waals surface area contributed by atoms with Crippen molar-refractivity contribution in [2.45, 2.75) is 44.2 Å². The van der Waals surface area contributed by atoms with Crippen molar-refractivity contribution in [3.63, 3.8) is 0 Å². The standard InChI is InChI=1S/C20H19N7O/c21-8-12-6-13-10-24-27(19(13)23-9-12)18-7-17(25-15-4-5-15)16(11-22-18)20(28)26-14-2-1-3-14/h6-7,9-11,14-15H,1-5H2,(H,22,25)(H,26,28). The van der Waals surface area contributed by atoms with Crippen LogP contribution in [0.5, 0.6) is 0 Å². The molecule has 8 nitrogen and oxygen atoms in total. The van der Waals surface area contributed by atoms with Crippen LogP contribution in [0.2, 0.25) is 0 Å². The number of fused-ring (bicyclic) bond motifs is 1. The first-order chi connectivity index (χ1) is 13.7. The number of amides is 1. The minimum Gasteiger partial charge on any atom is -0.382 e. The van der Waals surface area contributed by atoms with E-state index in [0.717, 1.165) is 36.8 Å². The van der Waals surface area contributed by atoms with Gasteiger partial charge >= 0.3 is 0 Å². The number of carbonyl (C=O) groups is 1. The van der Waals surface area contributed by atoms with Crippen LogP contribution in [0.3, 0.4) is 0 Å². The van der Waals surface area contributed by atoms with E-state index in [1.807, 2.05) is 6.07 Å². The van der Waals surface area contributed by atoms with Gasteiger partial charge in [0.15, 0.2) is 11.5 Å². The molecule has 0 saturated heterocycles. The summed E-state index contributed by atoms with van der Waals surface area (Å²) in [5.74, 6) is 0.490. The van der Waals surface area contributed by atoms with E-state index in [1.165, 1.54) is 12.6 Å². The minimum atomic E-state index is -0.0889. The summed E-state index contributed by atoms with van der Waals surface area (Å²) < 4.78 is 1.63. The van der Waals surface area contributed by atoms with Gasteiger partial charge in [-0.15, -0.1) is 0 Å². The maximum Gasteiger partial charge on any atom is 0.255 e. The van der Waals surface area contributed by atoms with Crippen molar-refractivity contribution in [2.24, 2.45) is 0 Å². The minimum absolute atomic E-state index is 0.0889. The number of pyridine rings is 2. The summed E-state index contributed by atoms with van der Waals surface area (Å²) in [6.45, 7) is 0. The Hall–Kier alpha value is -3.47. The van der Waals surface area contributed by atoms with Crippen LogP contribution in [0, 0.1) is 11.3 Å². The van der Waals surface area contributed by atoms with Gasteiger partial charge in [0, 0.05) is 35.9 Å². The van der Waals surface area contributed by atoms with Gasteiger partial charge < -0.3 is 10.6 Å². The van der Waals surface area contributed by atoms with Crippen molar-refractivity contribution in [3.8, 4) is 11.9 Å². The Balaban J connectivity index is 1.51. The first kappa shape index (κ1) is 16.7. The van der Waals surface area contributed by atoms with E-state index < -0.39 is 0 Å². The van der Waals surface area contributed by atoms with E-state index in [-0.39, 0.29) is 11.9 Å². The molecule has 8 heteroatoms. The third-order valence-corrected chi connectivity index (χ3v) is 5.27. The van der Waals surface area contributed by atoms with Crippen LogP contribution in [0.1, 0.15) is 48.0 Å². The van der Waals surface area contributed by atoms with Crippen LogP contribution in [0.4, 0.5) is 5.69 Å². The van der Waals surface area contributed by atoms with Gasteiger partial charge in [-0.05, 0) is 38.2 Å². The summed E-state index contributed by atoms with van der Waals surface area (Å²) in [7, 11) is 0. The molecule has 0 atom stereocenters. The second kappa shape index (κ2) is 6.60. The maximum absolute atomic E-state index is 12.7. The summed E-state index contributed by atoms with van der Waals surface area (Å²) in [5, 5.41) is 20.7. The van der Waals surface area contributed by atoms with Gasteiger partial charge in [0.1, 0.15) is 6.07 Å². The quantitative estimate of drug-likeness (QED) is 0.711. The molecule has 0 aromatic carbocycles. The average Bonchev–Trinajstić information content (AvgIpc) is 3.39. The lowest BCUT2D eigenvalue weighted by atomic mass is 9.93. The predicted octanol–water partition coefficient (Wildman–Crippen LogP) is 2.54. The number of hydrogen-bond acceptors (Lipinski definition) is 6. The van der Waals surface area contributed by atoms with Crippen LogP contribution in [-0.2, 0) is 0 Å². The third kappa shape index (κ3) is 3.05. The molecule has 0 aliphatic heterocycles. The molecule has 2 saturated carbocycles. The van der Waals surface area contributed by atoms with Crippen molar-refractivity contribution in [2.75, 3.05) is 5.32 Å². The van der Waals surface area contributed by atoms with Crippen molar-refractivity contribution in [3.05, 3.63) is 41.9 Å². The molecule has 0 bridgehead atoms. The van der Waals surface area contributed by atoms with Gasteiger partial charge in [0.05, 0.1) is 23.0 Å². The van der Waals surface area contributed by atoms with Crippen LogP contribution >= 0.6 is 0 Å². The lowest BCUT2D eigenvalue weighted by Gasteiger charge is -2.26. The van der Waals surface area contributed by atoms with Crippen molar-refractivity contribution >= 4 is 22.6 Å². The predicted molar refractivity (Wildman–Crippen MR) is 103 cm³/mol. The van der Waals surface area contributed by atoms with Crippen molar-refractivity contribution in [1.82, 2.24) is 25.1 Å². The Kier molecular flexibility index (Phi) is 3.93. The molecule has 3 aromatic heterocycles. The molecular weight excluding hydrogens is 354 g/mol. The molecule has 0 radical (unpaired) electrons. The van der Waals surface area contributed by atoms with Crippen LogP contribution < -0.4 is 10.6 Å². The summed E-state index contributed by atoms with van der Waals surface area (Å²) in [5.41, 5.74) is 2.43. The molecule has 5 rings (SSSR count). The van der Waals surface area contributed by atoms with Gasteiger partial charge in [-0.25, -0.2) is 9.97 Å². The number of hydrogen-bond donors (Lipinski definition) is 2. The third-order valence-electron chi connectivity index (χ3n) is 5.27. The second-order valence-electron chi connectivity index (χ2n) is 7.41. The topological polar surface area (TPSA) is 109 Å². The van der Waals surface area contributed by atoms with Crippen molar-refractivity contribution < 1.29 is 4.79 Å². The van der Waals surface area contributed by atoms with Gasteiger partial charge in [-0.3, -0.25) is 4.79 Å². The highest BCUT2D eigenvalue weighted by atomic mass is 16.1. The molecule has 2 aliphatic rings. The van der Waals surface area contributed by atoms with E-state index in [2.05, 4.69) is 31.8 Å². The van der Waals surface area contributed by atoms with E-state index in [1.54, 1.807) is 23.1 Å². The van der Waals surface area contributed by atoms with Gasteiger partial charge in [-0.2, -0.15) is 15.0 Å². The Bertz CT molecular complexity index is 1110. The van der Waals surface area contributed by atoms with Gasteiger partial charge in [-0.1, -0.05) is 0 Å². The Labute approximate surface area is 161 Å². The lowest BCUT2D eigenvalue weighted by Crippen LogP contribution is -2.39. The normalized spacial score (nSPS) is 16.4. The molecule has 0 spiro atoms. The fourth-order valence-electron chi connectivity index (χ4n) is 3.27. The number of nitrogens with one attached hydrogen (secondary N) is 2. The lowest BCUT2D eigenvalue weighted by molar-refractivity contribution is 0.0917. The zero-order valence-electron chi connectivity index (χ0n) is 15.2. The fraction of sp³-hybridized carbons (Fsp3) is 0.350. The van der Waals surface area contributed by atoms with Gasteiger partial charge in [0.2, 0.25) is 0 Å². The number of nitriles is 1.